The van der Waals surface area contributed by atoms with Crippen LogP contribution in [0.3, 0.4) is 0 Å². The highest BCUT2D eigenvalue weighted by Crippen LogP contribution is 2.28. The zero-order valence-corrected chi connectivity index (χ0v) is 18.5. The maximum atomic E-state index is 11.4. The van der Waals surface area contributed by atoms with Crippen molar-refractivity contribution < 1.29 is 19.4 Å². The van der Waals surface area contributed by atoms with Crippen LogP contribution in [0.1, 0.15) is 22.8 Å². The number of hydrogen-bond acceptors (Lipinski definition) is 6. The van der Waals surface area contributed by atoms with Crippen molar-refractivity contribution in [3.8, 4) is 22.8 Å². The van der Waals surface area contributed by atoms with Crippen LogP contribution in [-0.2, 0) is 6.42 Å². The molecule has 0 fully saturated rings. The molecule has 0 spiro atoms. The molecule has 7 heteroatoms. The quantitative estimate of drug-likeness (QED) is 0.374. The van der Waals surface area contributed by atoms with E-state index in [2.05, 4.69) is 33.5 Å². The Labute approximate surface area is 192 Å². The summed E-state index contributed by atoms with van der Waals surface area (Å²) in [4.78, 5) is 20.1. The van der Waals surface area contributed by atoms with Gasteiger partial charge in [-0.25, -0.2) is 14.8 Å². The molecule has 0 saturated heterocycles. The second-order valence-corrected chi connectivity index (χ2v) is 7.42. The fraction of sp³-hybridized carbons (Fsp3) is 0.192. The van der Waals surface area contributed by atoms with Crippen LogP contribution >= 0.6 is 0 Å². The van der Waals surface area contributed by atoms with Crippen LogP contribution in [0.5, 0.6) is 11.5 Å². The number of nitrogens with zero attached hydrogens (tertiary/aromatic N) is 2. The number of anilines is 1. The van der Waals surface area contributed by atoms with Gasteiger partial charge in [-0.1, -0.05) is 30.3 Å². The summed E-state index contributed by atoms with van der Waals surface area (Å²) in [6.45, 7) is 2.87. The lowest BCUT2D eigenvalue weighted by Gasteiger charge is -2.12. The van der Waals surface area contributed by atoms with E-state index in [0.29, 0.717) is 30.4 Å². The van der Waals surface area contributed by atoms with E-state index in [1.165, 1.54) is 23.3 Å². The maximum Gasteiger partial charge on any atom is 0.339 e. The smallest absolute Gasteiger partial charge is 0.339 e. The Morgan fingerprint density at radius 2 is 1.91 bits per heavy atom. The third-order valence-corrected chi connectivity index (χ3v) is 5.33. The number of carboxylic acid groups (broad SMARTS) is 1. The van der Waals surface area contributed by atoms with Crippen molar-refractivity contribution in [1.82, 2.24) is 9.97 Å². The molecule has 4 rings (SSSR count). The van der Waals surface area contributed by atoms with Gasteiger partial charge in [0.25, 0.3) is 0 Å². The summed E-state index contributed by atoms with van der Waals surface area (Å²) in [5.41, 5.74) is 2.75. The lowest BCUT2D eigenvalue weighted by atomic mass is 10.0. The average Bonchev–Trinajstić information content (AvgIpc) is 2.84. The van der Waals surface area contributed by atoms with E-state index in [0.717, 1.165) is 23.1 Å². The first-order valence-corrected chi connectivity index (χ1v) is 10.7. The lowest BCUT2D eigenvalue weighted by molar-refractivity contribution is 0.0692. The molecule has 0 atom stereocenters. The van der Waals surface area contributed by atoms with Gasteiger partial charge in [-0.2, -0.15) is 0 Å². The second kappa shape index (κ2) is 9.99. The summed E-state index contributed by atoms with van der Waals surface area (Å²) in [5.74, 6) is 0.816. The molecule has 0 saturated carbocycles. The molecule has 1 heterocycles. The van der Waals surface area contributed by atoms with Gasteiger partial charge in [0.05, 0.1) is 19.4 Å². The molecule has 3 aromatic carbocycles. The van der Waals surface area contributed by atoms with Crippen molar-refractivity contribution in [3.63, 3.8) is 0 Å². The Kier molecular flexibility index (Phi) is 6.69. The van der Waals surface area contributed by atoms with Gasteiger partial charge in [0.15, 0.2) is 0 Å². The number of carboxylic acids is 1. The molecule has 7 nitrogen and oxygen atoms in total. The number of benzene rings is 3. The first-order valence-electron chi connectivity index (χ1n) is 10.7. The number of methoxy groups -OCH3 is 1. The second-order valence-electron chi connectivity index (χ2n) is 7.42. The summed E-state index contributed by atoms with van der Waals surface area (Å²) in [6, 6.07) is 19.1. The molecular weight excluding hydrogens is 418 g/mol. The van der Waals surface area contributed by atoms with E-state index >= 15 is 0 Å². The van der Waals surface area contributed by atoms with Gasteiger partial charge in [0.1, 0.15) is 29.2 Å². The van der Waals surface area contributed by atoms with Crippen molar-refractivity contribution in [2.24, 2.45) is 0 Å². The summed E-state index contributed by atoms with van der Waals surface area (Å²) in [7, 11) is 1.68. The Morgan fingerprint density at radius 1 is 1.06 bits per heavy atom. The number of carbonyl (C=O) groups is 1. The van der Waals surface area contributed by atoms with Crippen molar-refractivity contribution in [2.45, 2.75) is 13.3 Å². The minimum atomic E-state index is -1.03. The highest BCUT2D eigenvalue weighted by molar-refractivity contribution is 5.92. The van der Waals surface area contributed by atoms with E-state index in [1.54, 1.807) is 19.2 Å². The van der Waals surface area contributed by atoms with Crippen LogP contribution in [0, 0.1) is 0 Å². The van der Waals surface area contributed by atoms with E-state index in [-0.39, 0.29) is 5.56 Å². The van der Waals surface area contributed by atoms with Gasteiger partial charge >= 0.3 is 5.97 Å². The Morgan fingerprint density at radius 3 is 2.70 bits per heavy atom. The van der Waals surface area contributed by atoms with Gasteiger partial charge in [0.2, 0.25) is 0 Å². The van der Waals surface area contributed by atoms with Gasteiger partial charge in [-0.3, -0.25) is 0 Å². The molecule has 0 aliphatic heterocycles. The first-order chi connectivity index (χ1) is 16.1. The average molecular weight is 444 g/mol. The fourth-order valence-electron chi connectivity index (χ4n) is 3.75. The zero-order valence-electron chi connectivity index (χ0n) is 18.5. The molecule has 2 N–H and O–H groups in total. The molecule has 0 aliphatic carbocycles. The molecule has 0 bridgehead atoms. The molecule has 0 unspecified atom stereocenters. The fourth-order valence-corrected chi connectivity index (χ4v) is 3.75. The number of ether oxygens (including phenoxy) is 2. The number of fused-ring (bicyclic) bond motifs is 1. The van der Waals surface area contributed by atoms with Crippen LogP contribution in [0.15, 0.2) is 67.0 Å². The third-order valence-electron chi connectivity index (χ3n) is 5.33. The molecule has 0 amide bonds. The van der Waals surface area contributed by atoms with Crippen molar-refractivity contribution in [2.75, 3.05) is 25.6 Å². The predicted octanol–water partition coefficient (Wildman–Crippen LogP) is 5.06. The molecule has 33 heavy (non-hydrogen) atoms. The minimum absolute atomic E-state index is 0.124. The summed E-state index contributed by atoms with van der Waals surface area (Å²) in [5, 5.41) is 15.1. The maximum absolute atomic E-state index is 11.4. The molecule has 0 radical (unpaired) electrons. The summed E-state index contributed by atoms with van der Waals surface area (Å²) >= 11 is 0. The van der Waals surface area contributed by atoms with Crippen LogP contribution in [0.25, 0.3) is 22.0 Å². The molecular formula is C26H25N3O4. The SMILES string of the molecule is CCOc1cc(-c2cc(NCCc3cc(OC)cc4ccccc34)ncn2)ccc1C(=O)O. The van der Waals surface area contributed by atoms with E-state index < -0.39 is 5.97 Å². The predicted molar refractivity (Wildman–Crippen MR) is 128 cm³/mol. The molecule has 1 aromatic heterocycles. The Hall–Kier alpha value is -4.13. The van der Waals surface area contributed by atoms with Crippen LogP contribution in [0.4, 0.5) is 5.82 Å². The normalized spacial score (nSPS) is 10.7. The third kappa shape index (κ3) is 5.03. The lowest BCUT2D eigenvalue weighted by Crippen LogP contribution is -2.07. The summed E-state index contributed by atoms with van der Waals surface area (Å²) in [6.07, 6.45) is 2.28. The number of aromatic carboxylic acids is 1. The van der Waals surface area contributed by atoms with E-state index in [9.17, 15) is 9.90 Å². The standard InChI is InChI=1S/C26H25N3O4/c1-3-33-24-14-19(8-9-22(24)26(30)31)23-15-25(29-16-28-23)27-11-10-18-13-20(32-2)12-17-6-4-5-7-21(17)18/h4-9,12-16H,3,10-11H2,1-2H3,(H,30,31)(H,27,28,29). The van der Waals surface area contributed by atoms with Gasteiger partial charge in [0, 0.05) is 18.2 Å². The number of aromatic nitrogens is 2. The van der Waals surface area contributed by atoms with E-state index in [4.69, 9.17) is 9.47 Å². The van der Waals surface area contributed by atoms with E-state index in [1.807, 2.05) is 31.2 Å². The van der Waals surface area contributed by atoms with Crippen LogP contribution in [0.2, 0.25) is 0 Å². The molecule has 0 aliphatic rings. The Balaban J connectivity index is 1.51. The highest BCUT2D eigenvalue weighted by Gasteiger charge is 2.13. The van der Waals surface area contributed by atoms with Crippen LogP contribution in [-0.4, -0.2) is 41.3 Å². The van der Waals surface area contributed by atoms with Crippen molar-refractivity contribution in [1.29, 1.82) is 0 Å². The minimum Gasteiger partial charge on any atom is -0.497 e. The van der Waals surface area contributed by atoms with Crippen molar-refractivity contribution >= 4 is 22.6 Å². The van der Waals surface area contributed by atoms with Crippen molar-refractivity contribution in [3.05, 3.63) is 78.1 Å². The number of rotatable bonds is 9. The first kappa shape index (κ1) is 22.1. The largest absolute Gasteiger partial charge is 0.497 e. The topological polar surface area (TPSA) is 93.6 Å². The number of hydrogen-bond donors (Lipinski definition) is 2. The van der Waals surface area contributed by atoms with Gasteiger partial charge in [-0.15, -0.1) is 0 Å². The van der Waals surface area contributed by atoms with Gasteiger partial charge < -0.3 is 19.9 Å². The highest BCUT2D eigenvalue weighted by atomic mass is 16.5. The Bertz CT molecular complexity index is 1290. The van der Waals surface area contributed by atoms with Crippen LogP contribution < -0.4 is 14.8 Å². The van der Waals surface area contributed by atoms with Gasteiger partial charge in [-0.05, 0) is 53.9 Å². The summed E-state index contributed by atoms with van der Waals surface area (Å²) < 4.78 is 11.0. The molecule has 4 aromatic rings. The monoisotopic (exact) mass is 443 g/mol. The zero-order chi connectivity index (χ0) is 23.2. The molecule has 168 valence electrons. The number of nitrogens with one attached hydrogen (secondary N) is 1.